The fourth-order valence-electron chi connectivity index (χ4n) is 4.04. The summed E-state index contributed by atoms with van der Waals surface area (Å²) in [6.45, 7) is 13.8. The first-order valence-electron chi connectivity index (χ1n) is 14.1. The number of rotatable bonds is 12. The quantitative estimate of drug-likeness (QED) is 0.116. The Morgan fingerprint density at radius 1 is 1.09 bits per heavy atom. The summed E-state index contributed by atoms with van der Waals surface area (Å²) in [6, 6.07) is 9.17. The molecule has 0 saturated heterocycles. The van der Waals surface area contributed by atoms with Crippen LogP contribution in [0.5, 0.6) is 5.75 Å². The molecular weight excluding hydrogens is 613 g/mol. The zero-order valence-corrected chi connectivity index (χ0v) is 27.9. The van der Waals surface area contributed by atoms with Crippen molar-refractivity contribution in [3.05, 3.63) is 67.9 Å². The molecule has 2 aromatic carbocycles. The molecule has 0 radical (unpaired) electrons. The van der Waals surface area contributed by atoms with E-state index in [0.717, 1.165) is 36.2 Å². The van der Waals surface area contributed by atoms with E-state index in [9.17, 15) is 9.59 Å². The number of halogens is 3. The molecule has 11 heteroatoms. The molecule has 8 nitrogen and oxygen atoms in total. The topological polar surface area (TPSA) is 86.8 Å². The number of hydrogen-bond acceptors (Lipinski definition) is 6. The lowest BCUT2D eigenvalue weighted by atomic mass is 9.97. The second-order valence-electron chi connectivity index (χ2n) is 10.5. The van der Waals surface area contributed by atoms with Crippen LogP contribution < -0.4 is 15.4 Å². The number of hydrogen-bond donors (Lipinski definition) is 0. The molecule has 0 unspecified atom stereocenters. The van der Waals surface area contributed by atoms with Crippen molar-refractivity contribution in [1.82, 2.24) is 9.78 Å². The van der Waals surface area contributed by atoms with Crippen LogP contribution in [0.3, 0.4) is 0 Å². The number of anilines is 1. The van der Waals surface area contributed by atoms with E-state index in [1.807, 2.05) is 20.8 Å². The standard InChI is InChI=1S/C17H26ClNO2.C15H14Cl2N2O3/c1-4-11-21-12-10-19(16(20)13-18)17-14(5-2)8-7-9-15(17)6-3;1-5-6-21-12-8-11(9(16)7-10(12)17)19-14(20)22-13(18-19)15(2,3)4/h7-9H,4-6,10-13H2,1-3H3;1,7-8H,6H2,2-4H3. The van der Waals surface area contributed by atoms with Crippen molar-refractivity contribution in [3.63, 3.8) is 0 Å². The number of terminal acetylenes is 1. The maximum Gasteiger partial charge on any atom is 0.442 e. The predicted octanol–water partition coefficient (Wildman–Crippen LogP) is 7.25. The van der Waals surface area contributed by atoms with Gasteiger partial charge in [0.1, 0.15) is 18.2 Å². The summed E-state index contributed by atoms with van der Waals surface area (Å²) in [6.07, 6.45) is 7.92. The van der Waals surface area contributed by atoms with Gasteiger partial charge in [-0.3, -0.25) is 4.79 Å². The first-order chi connectivity index (χ1) is 20.4. The number of ether oxygens (including phenoxy) is 2. The van der Waals surface area contributed by atoms with Crippen LogP contribution in [0.1, 0.15) is 65.0 Å². The molecule has 43 heavy (non-hydrogen) atoms. The molecule has 0 saturated carbocycles. The molecule has 0 aliphatic heterocycles. The van der Waals surface area contributed by atoms with Crippen LogP contribution in [-0.4, -0.2) is 47.9 Å². The van der Waals surface area contributed by atoms with Crippen LogP contribution in [0.4, 0.5) is 5.69 Å². The fourth-order valence-corrected chi connectivity index (χ4v) is 4.70. The minimum absolute atomic E-state index is 0.00498. The van der Waals surface area contributed by atoms with Gasteiger partial charge in [-0.1, -0.05) is 88.9 Å². The van der Waals surface area contributed by atoms with E-state index in [4.69, 9.17) is 55.1 Å². The molecule has 0 N–H and O–H groups in total. The molecule has 3 aromatic rings. The van der Waals surface area contributed by atoms with Gasteiger partial charge >= 0.3 is 5.76 Å². The SMILES string of the molecule is C#CCOc1cc(-n2nc(C(C)(C)C)oc2=O)c(Cl)cc1Cl.CCCOCCN(C(=O)CCl)c1c(CC)cccc1CC. The molecule has 3 rings (SSSR count). The molecule has 1 aromatic heterocycles. The molecule has 0 aliphatic rings. The zero-order chi connectivity index (χ0) is 32.2. The van der Waals surface area contributed by atoms with Crippen molar-refractivity contribution in [1.29, 1.82) is 0 Å². The van der Waals surface area contributed by atoms with Crippen LogP contribution in [0.2, 0.25) is 10.0 Å². The highest BCUT2D eigenvalue weighted by atomic mass is 35.5. The smallest absolute Gasteiger partial charge is 0.442 e. The van der Waals surface area contributed by atoms with Crippen LogP contribution in [-0.2, 0) is 27.8 Å². The van der Waals surface area contributed by atoms with Gasteiger partial charge in [-0.2, -0.15) is 4.68 Å². The highest BCUT2D eigenvalue weighted by Gasteiger charge is 2.24. The Bertz CT molecular complexity index is 1430. The van der Waals surface area contributed by atoms with E-state index in [0.29, 0.717) is 30.5 Å². The Labute approximate surface area is 269 Å². The average molecular weight is 653 g/mol. The average Bonchev–Trinajstić information content (AvgIpc) is 3.38. The van der Waals surface area contributed by atoms with Gasteiger partial charge in [0, 0.05) is 24.6 Å². The van der Waals surface area contributed by atoms with Gasteiger partial charge < -0.3 is 18.8 Å². The Hall–Kier alpha value is -2.96. The van der Waals surface area contributed by atoms with Gasteiger partial charge in [-0.05, 0) is 36.5 Å². The second-order valence-corrected chi connectivity index (χ2v) is 11.6. The van der Waals surface area contributed by atoms with E-state index >= 15 is 0 Å². The van der Waals surface area contributed by atoms with Crippen LogP contribution in [0, 0.1) is 12.3 Å². The third-order valence-corrected chi connectivity index (χ3v) is 7.01. The second kappa shape index (κ2) is 17.4. The summed E-state index contributed by atoms with van der Waals surface area (Å²) in [5.74, 6) is 2.24. The van der Waals surface area contributed by atoms with Crippen molar-refractivity contribution >= 4 is 46.4 Å². The van der Waals surface area contributed by atoms with E-state index < -0.39 is 11.2 Å². The molecule has 0 spiro atoms. The molecule has 1 amide bonds. The van der Waals surface area contributed by atoms with Gasteiger partial charge in [0.15, 0.2) is 0 Å². The number of para-hydroxylation sites is 1. The number of nitrogens with zero attached hydrogens (tertiary/aromatic N) is 3. The summed E-state index contributed by atoms with van der Waals surface area (Å²) in [5.41, 5.74) is 3.29. The maximum absolute atomic E-state index is 12.3. The number of benzene rings is 2. The minimum atomic E-state index is -0.642. The largest absolute Gasteiger partial charge is 0.479 e. The van der Waals surface area contributed by atoms with Gasteiger partial charge in [-0.25, -0.2) is 4.79 Å². The molecule has 0 bridgehead atoms. The first-order valence-corrected chi connectivity index (χ1v) is 15.4. The van der Waals surface area contributed by atoms with Crippen molar-refractivity contribution in [3.8, 4) is 23.8 Å². The van der Waals surface area contributed by atoms with Crippen LogP contribution in [0.15, 0.2) is 39.5 Å². The van der Waals surface area contributed by atoms with Crippen molar-refractivity contribution in [2.24, 2.45) is 0 Å². The minimum Gasteiger partial charge on any atom is -0.479 e. The summed E-state index contributed by atoms with van der Waals surface area (Å²) in [5, 5.41) is 4.71. The van der Waals surface area contributed by atoms with Crippen molar-refractivity contribution < 1.29 is 18.7 Å². The number of carbonyl (C=O) groups is 1. The number of aromatic nitrogens is 2. The molecule has 0 fully saturated rings. The highest BCUT2D eigenvalue weighted by Crippen LogP contribution is 2.33. The number of aryl methyl sites for hydroxylation is 2. The Balaban J connectivity index is 0.000000301. The van der Waals surface area contributed by atoms with Crippen LogP contribution >= 0.6 is 34.8 Å². The summed E-state index contributed by atoms with van der Waals surface area (Å²) in [7, 11) is 0. The monoisotopic (exact) mass is 651 g/mol. The molecule has 1 heterocycles. The lowest BCUT2D eigenvalue weighted by molar-refractivity contribution is -0.116. The lowest BCUT2D eigenvalue weighted by Gasteiger charge is -2.27. The van der Waals surface area contributed by atoms with Crippen molar-refractivity contribution in [2.45, 2.75) is 66.2 Å². The van der Waals surface area contributed by atoms with E-state index in [1.165, 1.54) is 23.3 Å². The predicted molar refractivity (Wildman–Crippen MR) is 175 cm³/mol. The number of amides is 1. The zero-order valence-electron chi connectivity index (χ0n) is 25.6. The normalized spacial score (nSPS) is 11.0. The molecule has 0 atom stereocenters. The Morgan fingerprint density at radius 2 is 1.74 bits per heavy atom. The summed E-state index contributed by atoms with van der Waals surface area (Å²) >= 11 is 18.0. The Kier molecular flexibility index (Phi) is 14.6. The van der Waals surface area contributed by atoms with Gasteiger partial charge in [0.25, 0.3) is 0 Å². The van der Waals surface area contributed by atoms with E-state index in [2.05, 4.69) is 50.0 Å². The van der Waals surface area contributed by atoms with Gasteiger partial charge in [0.2, 0.25) is 11.8 Å². The molecule has 234 valence electrons. The first kappa shape index (κ1) is 36.2. The van der Waals surface area contributed by atoms with Gasteiger partial charge in [0.05, 0.1) is 28.0 Å². The summed E-state index contributed by atoms with van der Waals surface area (Å²) < 4.78 is 17.1. The third-order valence-electron chi connectivity index (χ3n) is 6.19. The molecule has 0 aliphatic carbocycles. The maximum atomic E-state index is 12.3. The third kappa shape index (κ3) is 10.0. The van der Waals surface area contributed by atoms with E-state index in [1.54, 1.807) is 4.90 Å². The highest BCUT2D eigenvalue weighted by molar-refractivity contribution is 6.36. The number of carbonyl (C=O) groups excluding carboxylic acids is 1. The lowest BCUT2D eigenvalue weighted by Crippen LogP contribution is -2.36. The summed E-state index contributed by atoms with van der Waals surface area (Å²) in [4.78, 5) is 26.1. The van der Waals surface area contributed by atoms with Gasteiger partial charge in [-0.15, -0.1) is 23.1 Å². The van der Waals surface area contributed by atoms with Crippen LogP contribution in [0.25, 0.3) is 5.69 Å². The molecular formula is C32H40Cl3N3O5. The fraction of sp³-hybridized carbons (Fsp3) is 0.469. The van der Waals surface area contributed by atoms with Crippen molar-refractivity contribution in [2.75, 3.05) is 37.1 Å². The Morgan fingerprint density at radius 3 is 2.26 bits per heavy atom. The van der Waals surface area contributed by atoms with E-state index in [-0.39, 0.29) is 28.4 Å². The number of alkyl halides is 1.